The fourth-order valence-corrected chi connectivity index (χ4v) is 1.10. The minimum Gasteiger partial charge on any atom is -0.459 e. The lowest BCUT2D eigenvalue weighted by atomic mass is 10.2. The maximum absolute atomic E-state index is 11.2. The van der Waals surface area contributed by atoms with E-state index in [0.717, 1.165) is 0 Å². The molecule has 0 rings (SSSR count). The molecule has 0 spiro atoms. The van der Waals surface area contributed by atoms with Gasteiger partial charge in [0, 0.05) is 7.11 Å². The number of carbonyl (C=O) groups excluding carboxylic acids is 3. The Hall–Kier alpha value is -1.49. The van der Waals surface area contributed by atoms with Gasteiger partial charge in [-0.1, -0.05) is 0 Å². The standard InChI is InChI=1S/C11H16O5/c1-8(13)7-11(14)16-9(2)10(15-3)5-4-6-12/h4-6,9-10H,7H2,1-3H3/b5-4+/t9-,10+/m1/s1. The second kappa shape index (κ2) is 7.76. The molecule has 5 nitrogen and oxygen atoms in total. The lowest BCUT2D eigenvalue weighted by molar-refractivity contribution is -0.154. The van der Waals surface area contributed by atoms with Crippen LogP contribution in [0.3, 0.4) is 0 Å². The van der Waals surface area contributed by atoms with Crippen molar-refractivity contribution >= 4 is 18.0 Å². The molecule has 0 aromatic rings. The molecule has 0 bridgehead atoms. The fourth-order valence-electron chi connectivity index (χ4n) is 1.10. The van der Waals surface area contributed by atoms with Gasteiger partial charge in [-0.25, -0.2) is 0 Å². The third kappa shape index (κ3) is 6.08. The third-order valence-electron chi connectivity index (χ3n) is 1.82. The van der Waals surface area contributed by atoms with Crippen molar-refractivity contribution in [2.45, 2.75) is 32.5 Å². The number of aldehydes is 1. The second-order valence-corrected chi connectivity index (χ2v) is 3.30. The molecule has 0 heterocycles. The number of ketones is 1. The van der Waals surface area contributed by atoms with Gasteiger partial charge in [0.2, 0.25) is 0 Å². The van der Waals surface area contributed by atoms with Crippen molar-refractivity contribution in [2.75, 3.05) is 7.11 Å². The summed E-state index contributed by atoms with van der Waals surface area (Å²) in [5, 5.41) is 0. The highest BCUT2D eigenvalue weighted by molar-refractivity contribution is 5.94. The lowest BCUT2D eigenvalue weighted by Gasteiger charge is -2.19. The highest BCUT2D eigenvalue weighted by atomic mass is 16.6. The molecule has 0 aliphatic heterocycles. The van der Waals surface area contributed by atoms with Crippen LogP contribution in [0, 0.1) is 0 Å². The van der Waals surface area contributed by atoms with E-state index in [1.807, 2.05) is 0 Å². The molecule has 5 heteroatoms. The van der Waals surface area contributed by atoms with Gasteiger partial charge in [0.15, 0.2) is 0 Å². The van der Waals surface area contributed by atoms with Gasteiger partial charge in [0.05, 0.1) is 0 Å². The molecule has 0 aliphatic rings. The molecule has 2 atom stereocenters. The quantitative estimate of drug-likeness (QED) is 0.277. The molecular weight excluding hydrogens is 212 g/mol. The van der Waals surface area contributed by atoms with E-state index >= 15 is 0 Å². The van der Waals surface area contributed by atoms with E-state index in [9.17, 15) is 14.4 Å². The number of ether oxygens (including phenoxy) is 2. The van der Waals surface area contributed by atoms with Crippen LogP contribution >= 0.6 is 0 Å². The summed E-state index contributed by atoms with van der Waals surface area (Å²) in [5.74, 6) is -0.851. The van der Waals surface area contributed by atoms with Gasteiger partial charge in [0.1, 0.15) is 30.7 Å². The molecule has 0 unspecified atom stereocenters. The Bertz CT molecular complexity index is 282. The molecule has 0 N–H and O–H groups in total. The molecule has 0 saturated carbocycles. The number of Topliss-reactive ketones (excluding diaryl/α,β-unsaturated/α-hetero) is 1. The summed E-state index contributed by atoms with van der Waals surface area (Å²) >= 11 is 0. The van der Waals surface area contributed by atoms with E-state index < -0.39 is 18.2 Å². The van der Waals surface area contributed by atoms with Gasteiger partial charge in [0.25, 0.3) is 0 Å². The van der Waals surface area contributed by atoms with E-state index in [1.54, 1.807) is 6.92 Å². The summed E-state index contributed by atoms with van der Waals surface area (Å²) < 4.78 is 9.97. The number of carbonyl (C=O) groups is 3. The number of hydrogen-bond acceptors (Lipinski definition) is 5. The zero-order valence-electron chi connectivity index (χ0n) is 9.64. The first-order valence-corrected chi connectivity index (χ1v) is 4.85. The van der Waals surface area contributed by atoms with Gasteiger partial charge < -0.3 is 9.47 Å². The van der Waals surface area contributed by atoms with Crippen LogP contribution < -0.4 is 0 Å². The van der Waals surface area contributed by atoms with Crippen LogP contribution in [-0.2, 0) is 23.9 Å². The predicted octanol–water partition coefficient (Wildman–Crippen LogP) is 0.667. The van der Waals surface area contributed by atoms with Gasteiger partial charge in [-0.15, -0.1) is 0 Å². The highest BCUT2D eigenvalue weighted by Gasteiger charge is 2.18. The lowest BCUT2D eigenvalue weighted by Crippen LogP contribution is -2.29. The first-order chi connectivity index (χ1) is 7.51. The van der Waals surface area contributed by atoms with E-state index in [-0.39, 0.29) is 12.2 Å². The zero-order valence-corrected chi connectivity index (χ0v) is 9.64. The van der Waals surface area contributed by atoms with Crippen LogP contribution in [0.25, 0.3) is 0 Å². The molecule has 90 valence electrons. The molecule has 0 aliphatic carbocycles. The number of esters is 1. The first-order valence-electron chi connectivity index (χ1n) is 4.85. The molecule has 0 fully saturated rings. The normalized spacial score (nSPS) is 14.4. The van der Waals surface area contributed by atoms with Crippen LogP contribution in [0.5, 0.6) is 0 Å². The summed E-state index contributed by atoms with van der Waals surface area (Å²) in [6.07, 6.45) is 2.06. The van der Waals surface area contributed by atoms with E-state index in [4.69, 9.17) is 9.47 Å². The number of hydrogen-bond donors (Lipinski definition) is 0. The molecule has 0 radical (unpaired) electrons. The largest absolute Gasteiger partial charge is 0.459 e. The molecule has 0 saturated heterocycles. The average molecular weight is 228 g/mol. The Balaban J connectivity index is 4.24. The summed E-state index contributed by atoms with van der Waals surface area (Å²) in [6.45, 7) is 2.94. The highest BCUT2D eigenvalue weighted by Crippen LogP contribution is 2.06. The average Bonchev–Trinajstić information content (AvgIpc) is 2.17. The summed E-state index contributed by atoms with van der Waals surface area (Å²) in [4.78, 5) is 31.9. The van der Waals surface area contributed by atoms with Crippen LogP contribution in [0.4, 0.5) is 0 Å². The Labute approximate surface area is 94.4 Å². The smallest absolute Gasteiger partial charge is 0.313 e. The van der Waals surface area contributed by atoms with Crippen molar-refractivity contribution in [1.82, 2.24) is 0 Å². The minimum absolute atomic E-state index is 0.252. The SMILES string of the molecule is CO[C@@H](/C=C/C=O)[C@@H](C)OC(=O)CC(C)=O. The number of allylic oxidation sites excluding steroid dienone is 1. The maximum Gasteiger partial charge on any atom is 0.313 e. The Morgan fingerprint density at radius 3 is 2.44 bits per heavy atom. The monoisotopic (exact) mass is 228 g/mol. The maximum atomic E-state index is 11.2. The Kier molecular flexibility index (Phi) is 7.03. The van der Waals surface area contributed by atoms with Crippen molar-refractivity contribution < 1.29 is 23.9 Å². The summed E-state index contributed by atoms with van der Waals surface area (Å²) in [7, 11) is 1.44. The molecule has 16 heavy (non-hydrogen) atoms. The summed E-state index contributed by atoms with van der Waals surface area (Å²) in [6, 6.07) is 0. The molecule has 0 aromatic heterocycles. The van der Waals surface area contributed by atoms with Crippen LogP contribution in [0.1, 0.15) is 20.3 Å². The minimum atomic E-state index is -0.596. The summed E-state index contributed by atoms with van der Waals surface area (Å²) in [5.41, 5.74) is 0. The predicted molar refractivity (Wildman–Crippen MR) is 56.9 cm³/mol. The van der Waals surface area contributed by atoms with Gasteiger partial charge in [-0.3, -0.25) is 14.4 Å². The van der Waals surface area contributed by atoms with Crippen LogP contribution in [0.15, 0.2) is 12.2 Å². The van der Waals surface area contributed by atoms with Crippen molar-refractivity contribution in [3.63, 3.8) is 0 Å². The Morgan fingerprint density at radius 1 is 1.38 bits per heavy atom. The Morgan fingerprint density at radius 2 is 2.00 bits per heavy atom. The topological polar surface area (TPSA) is 69.7 Å². The van der Waals surface area contributed by atoms with E-state index in [1.165, 1.54) is 26.2 Å². The molecule has 0 aromatic carbocycles. The molecule has 0 amide bonds. The number of rotatable bonds is 7. The van der Waals surface area contributed by atoms with E-state index in [0.29, 0.717) is 6.29 Å². The van der Waals surface area contributed by atoms with Crippen LogP contribution in [-0.4, -0.2) is 37.4 Å². The van der Waals surface area contributed by atoms with Crippen molar-refractivity contribution in [1.29, 1.82) is 0 Å². The van der Waals surface area contributed by atoms with Gasteiger partial charge >= 0.3 is 5.97 Å². The second-order valence-electron chi connectivity index (χ2n) is 3.30. The van der Waals surface area contributed by atoms with Crippen molar-refractivity contribution in [2.24, 2.45) is 0 Å². The van der Waals surface area contributed by atoms with E-state index in [2.05, 4.69) is 0 Å². The molecular formula is C11H16O5. The zero-order chi connectivity index (χ0) is 12.6. The van der Waals surface area contributed by atoms with Crippen molar-refractivity contribution in [3.05, 3.63) is 12.2 Å². The van der Waals surface area contributed by atoms with Crippen LogP contribution in [0.2, 0.25) is 0 Å². The first kappa shape index (κ1) is 14.5. The fraction of sp³-hybridized carbons (Fsp3) is 0.545. The van der Waals surface area contributed by atoms with Gasteiger partial charge in [-0.2, -0.15) is 0 Å². The van der Waals surface area contributed by atoms with Crippen molar-refractivity contribution in [3.8, 4) is 0 Å². The number of methoxy groups -OCH3 is 1. The third-order valence-corrected chi connectivity index (χ3v) is 1.82. The van der Waals surface area contributed by atoms with Gasteiger partial charge in [-0.05, 0) is 26.0 Å².